The zero-order chi connectivity index (χ0) is 14.5. The van der Waals surface area contributed by atoms with Crippen molar-refractivity contribution in [3.63, 3.8) is 0 Å². The maximum absolute atomic E-state index is 12.9. The van der Waals surface area contributed by atoms with E-state index in [-0.39, 0.29) is 30.6 Å². The molecule has 19 heavy (non-hydrogen) atoms. The normalized spacial score (nSPS) is 10.9. The van der Waals surface area contributed by atoms with Gasteiger partial charge in [0.05, 0.1) is 23.8 Å². The monoisotopic (exact) mass is 271 g/mol. The van der Waals surface area contributed by atoms with E-state index < -0.39 is 17.7 Å². The Morgan fingerprint density at radius 3 is 2.63 bits per heavy atom. The fraction of sp³-hybridized carbons (Fsp3) is 0.385. The summed E-state index contributed by atoms with van der Waals surface area (Å²) in [6.45, 7) is 1.65. The van der Waals surface area contributed by atoms with Gasteiger partial charge < -0.3 is 4.74 Å². The van der Waals surface area contributed by atoms with Gasteiger partial charge in [0.1, 0.15) is 0 Å². The summed E-state index contributed by atoms with van der Waals surface area (Å²) < 4.78 is 43.3. The second kappa shape index (κ2) is 6.23. The maximum Gasteiger partial charge on any atom is 0.416 e. The third-order valence-electron chi connectivity index (χ3n) is 2.46. The van der Waals surface area contributed by atoms with Crippen LogP contribution in [0.4, 0.5) is 13.2 Å². The summed E-state index contributed by atoms with van der Waals surface area (Å²) in [5, 5.41) is 8.51. The van der Waals surface area contributed by atoms with Crippen molar-refractivity contribution in [1.29, 1.82) is 5.26 Å². The van der Waals surface area contributed by atoms with Crippen LogP contribution < -0.4 is 0 Å². The van der Waals surface area contributed by atoms with E-state index in [4.69, 9.17) is 10.00 Å². The average Bonchev–Trinajstić information content (AvgIpc) is 2.35. The molecule has 0 fully saturated rings. The van der Waals surface area contributed by atoms with Crippen molar-refractivity contribution in [2.45, 2.75) is 25.9 Å². The van der Waals surface area contributed by atoms with Gasteiger partial charge in [-0.3, -0.25) is 0 Å². The Morgan fingerprint density at radius 2 is 2.11 bits per heavy atom. The fourth-order valence-corrected chi connectivity index (χ4v) is 1.70. The topological polar surface area (TPSA) is 50.1 Å². The summed E-state index contributed by atoms with van der Waals surface area (Å²) >= 11 is 0. The molecule has 0 atom stereocenters. The van der Waals surface area contributed by atoms with E-state index in [9.17, 15) is 18.0 Å². The number of hydrogen-bond acceptors (Lipinski definition) is 3. The molecule has 1 aromatic rings. The van der Waals surface area contributed by atoms with Crippen LogP contribution in [0.3, 0.4) is 0 Å². The third kappa shape index (κ3) is 3.71. The predicted molar refractivity (Wildman–Crippen MR) is 61.3 cm³/mol. The number of rotatable bonds is 4. The van der Waals surface area contributed by atoms with Crippen molar-refractivity contribution in [3.05, 3.63) is 34.9 Å². The molecule has 0 radical (unpaired) electrons. The van der Waals surface area contributed by atoms with Gasteiger partial charge in [-0.05, 0) is 31.0 Å². The van der Waals surface area contributed by atoms with E-state index in [1.165, 1.54) is 6.07 Å². The van der Waals surface area contributed by atoms with Crippen LogP contribution in [0.1, 0.15) is 34.8 Å². The van der Waals surface area contributed by atoms with Crippen LogP contribution >= 0.6 is 0 Å². The highest BCUT2D eigenvalue weighted by atomic mass is 19.4. The van der Waals surface area contributed by atoms with Crippen molar-refractivity contribution >= 4 is 5.97 Å². The van der Waals surface area contributed by atoms with Gasteiger partial charge in [0.15, 0.2) is 0 Å². The van der Waals surface area contributed by atoms with Crippen LogP contribution in [0.2, 0.25) is 0 Å². The van der Waals surface area contributed by atoms with E-state index >= 15 is 0 Å². The smallest absolute Gasteiger partial charge is 0.416 e. The second-order valence-corrected chi connectivity index (χ2v) is 3.71. The number of carbonyl (C=O) groups is 1. The minimum Gasteiger partial charge on any atom is -0.462 e. The number of esters is 1. The predicted octanol–water partition coefficient (Wildman–Crippen LogP) is 3.34. The molecule has 0 aliphatic heterocycles. The highest BCUT2D eigenvalue weighted by Crippen LogP contribution is 2.34. The standard InChI is InChI=1S/C13H12F3NO2/c1-2-19-12(18)10-5-3-7-11(13(14,15)16)9(10)6-4-8-17/h3,5,7H,2,4,6H2,1H3. The number of nitriles is 1. The molecule has 1 rings (SSSR count). The Kier molecular flexibility index (Phi) is 4.93. The lowest BCUT2D eigenvalue weighted by Crippen LogP contribution is -2.15. The lowest BCUT2D eigenvalue weighted by Gasteiger charge is -2.15. The fourth-order valence-electron chi connectivity index (χ4n) is 1.70. The molecule has 3 nitrogen and oxygen atoms in total. The van der Waals surface area contributed by atoms with Crippen LogP contribution in [-0.4, -0.2) is 12.6 Å². The average molecular weight is 271 g/mol. The van der Waals surface area contributed by atoms with Crippen LogP contribution in [0, 0.1) is 11.3 Å². The molecule has 0 aliphatic rings. The van der Waals surface area contributed by atoms with Gasteiger partial charge >= 0.3 is 12.1 Å². The highest BCUT2D eigenvalue weighted by molar-refractivity contribution is 5.91. The van der Waals surface area contributed by atoms with E-state index in [1.807, 2.05) is 0 Å². The lowest BCUT2D eigenvalue weighted by molar-refractivity contribution is -0.138. The molecule has 1 aromatic carbocycles. The van der Waals surface area contributed by atoms with Crippen molar-refractivity contribution in [1.82, 2.24) is 0 Å². The molecule has 0 N–H and O–H groups in total. The number of benzene rings is 1. The van der Waals surface area contributed by atoms with Crippen molar-refractivity contribution in [3.8, 4) is 6.07 Å². The summed E-state index contributed by atoms with van der Waals surface area (Å²) in [4.78, 5) is 11.6. The van der Waals surface area contributed by atoms with Crippen molar-refractivity contribution < 1.29 is 22.7 Å². The SMILES string of the molecule is CCOC(=O)c1cccc(C(F)(F)F)c1CCC#N. The Balaban J connectivity index is 3.30. The lowest BCUT2D eigenvalue weighted by atomic mass is 9.96. The minimum absolute atomic E-state index is 0.0762. The zero-order valence-electron chi connectivity index (χ0n) is 10.3. The Morgan fingerprint density at radius 1 is 1.42 bits per heavy atom. The molecule has 0 unspecified atom stereocenters. The summed E-state index contributed by atoms with van der Waals surface area (Å²) in [6.07, 6.45) is -4.80. The van der Waals surface area contributed by atoms with Gasteiger partial charge in [0.25, 0.3) is 0 Å². The van der Waals surface area contributed by atoms with Gasteiger partial charge in [0.2, 0.25) is 0 Å². The van der Waals surface area contributed by atoms with Gasteiger partial charge in [-0.15, -0.1) is 0 Å². The van der Waals surface area contributed by atoms with Gasteiger partial charge in [-0.2, -0.15) is 18.4 Å². The largest absolute Gasteiger partial charge is 0.462 e. The Labute approximate surface area is 108 Å². The Hall–Kier alpha value is -2.03. The molecule has 0 saturated carbocycles. The van der Waals surface area contributed by atoms with Gasteiger partial charge in [0, 0.05) is 6.42 Å². The van der Waals surface area contributed by atoms with Crippen LogP contribution in [-0.2, 0) is 17.3 Å². The molecule has 0 spiro atoms. The first kappa shape index (κ1) is 15.0. The molecule has 0 aliphatic carbocycles. The van der Waals surface area contributed by atoms with Gasteiger partial charge in [-0.25, -0.2) is 4.79 Å². The molecular weight excluding hydrogens is 259 g/mol. The molecule has 0 saturated heterocycles. The molecule has 0 heterocycles. The van der Waals surface area contributed by atoms with E-state index in [0.717, 1.165) is 12.1 Å². The first-order chi connectivity index (χ1) is 8.91. The number of hydrogen-bond donors (Lipinski definition) is 0. The number of ether oxygens (including phenoxy) is 1. The number of halogens is 3. The quantitative estimate of drug-likeness (QED) is 0.789. The summed E-state index contributed by atoms with van der Waals surface area (Å²) in [6, 6.07) is 5.11. The summed E-state index contributed by atoms with van der Waals surface area (Å²) in [5.74, 6) is -0.804. The number of nitrogens with zero attached hydrogens (tertiary/aromatic N) is 1. The minimum atomic E-state index is -4.56. The van der Waals surface area contributed by atoms with E-state index in [0.29, 0.717) is 0 Å². The maximum atomic E-state index is 12.9. The summed E-state index contributed by atoms with van der Waals surface area (Å²) in [5.41, 5.74) is -1.21. The zero-order valence-corrected chi connectivity index (χ0v) is 10.3. The Bertz CT molecular complexity index is 504. The van der Waals surface area contributed by atoms with Gasteiger partial charge in [-0.1, -0.05) is 6.07 Å². The van der Waals surface area contributed by atoms with Crippen LogP contribution in [0.5, 0.6) is 0 Å². The molecule has 0 bridgehead atoms. The first-order valence-corrected chi connectivity index (χ1v) is 5.65. The third-order valence-corrected chi connectivity index (χ3v) is 2.46. The molecule has 6 heteroatoms. The van der Waals surface area contributed by atoms with E-state index in [2.05, 4.69) is 0 Å². The number of alkyl halides is 3. The van der Waals surface area contributed by atoms with Crippen molar-refractivity contribution in [2.75, 3.05) is 6.61 Å². The molecule has 0 aromatic heterocycles. The number of carbonyl (C=O) groups excluding carboxylic acids is 1. The molecule has 0 amide bonds. The molecule has 102 valence electrons. The highest BCUT2D eigenvalue weighted by Gasteiger charge is 2.34. The molecular formula is C13H12F3NO2. The van der Waals surface area contributed by atoms with Crippen LogP contribution in [0.25, 0.3) is 0 Å². The van der Waals surface area contributed by atoms with Crippen LogP contribution in [0.15, 0.2) is 18.2 Å². The van der Waals surface area contributed by atoms with Crippen molar-refractivity contribution in [2.24, 2.45) is 0 Å². The first-order valence-electron chi connectivity index (χ1n) is 5.65. The summed E-state index contributed by atoms with van der Waals surface area (Å²) in [7, 11) is 0. The van der Waals surface area contributed by atoms with E-state index in [1.54, 1.807) is 13.0 Å². The second-order valence-electron chi connectivity index (χ2n) is 3.71.